The third-order valence-electron chi connectivity index (χ3n) is 6.80. The molecule has 0 aliphatic rings. The Hall–Kier alpha value is -1.47. The van der Waals surface area contributed by atoms with Crippen molar-refractivity contribution in [1.29, 1.82) is 0 Å². The molecule has 0 aromatic carbocycles. The number of allylic oxidation sites excluding steroid dienone is 6. The van der Waals surface area contributed by atoms with Gasteiger partial charge in [-0.1, -0.05) is 102 Å². The second-order valence-electron chi connectivity index (χ2n) is 10.4. The van der Waals surface area contributed by atoms with Crippen LogP contribution in [0, 0.1) is 0 Å². The summed E-state index contributed by atoms with van der Waals surface area (Å²) in [6.07, 6.45) is 27.6. The summed E-state index contributed by atoms with van der Waals surface area (Å²) in [6.45, 7) is 3.84. The molecule has 38 heavy (non-hydrogen) atoms. The molecule has 6 heteroatoms. The van der Waals surface area contributed by atoms with Crippen molar-refractivity contribution in [3.8, 4) is 0 Å². The zero-order valence-corrected chi connectivity index (χ0v) is 24.4. The van der Waals surface area contributed by atoms with Gasteiger partial charge in [-0.3, -0.25) is 4.79 Å². The van der Waals surface area contributed by atoms with Gasteiger partial charge in [0.25, 0.3) is 0 Å². The van der Waals surface area contributed by atoms with Crippen LogP contribution in [0.5, 0.6) is 0 Å². The van der Waals surface area contributed by atoms with Crippen molar-refractivity contribution >= 4 is 5.91 Å². The van der Waals surface area contributed by atoms with E-state index in [1.807, 2.05) is 0 Å². The lowest BCUT2D eigenvalue weighted by molar-refractivity contribution is -0.132. The normalized spacial score (nSPS) is 15.4. The van der Waals surface area contributed by atoms with E-state index < -0.39 is 36.9 Å². The van der Waals surface area contributed by atoms with Crippen molar-refractivity contribution in [3.63, 3.8) is 0 Å². The molecule has 0 heterocycles. The van der Waals surface area contributed by atoms with Gasteiger partial charge in [0.2, 0.25) is 5.91 Å². The fourth-order valence-electron chi connectivity index (χ4n) is 4.26. The Labute approximate surface area is 233 Å². The van der Waals surface area contributed by atoms with Gasteiger partial charge < -0.3 is 25.7 Å². The molecule has 4 unspecified atom stereocenters. The van der Waals surface area contributed by atoms with E-state index in [-0.39, 0.29) is 0 Å². The van der Waals surface area contributed by atoms with Crippen molar-refractivity contribution in [2.75, 3.05) is 6.61 Å². The van der Waals surface area contributed by atoms with E-state index in [0.29, 0.717) is 19.3 Å². The summed E-state index contributed by atoms with van der Waals surface area (Å²) >= 11 is 0. The summed E-state index contributed by atoms with van der Waals surface area (Å²) in [5.41, 5.74) is 0. The SMILES string of the molecule is CCC/C=C/CCCC(O)C(O)C(CO)NC(=O)C(O)CCCCCCCC/C=C\C/C=C\CCCCC. The van der Waals surface area contributed by atoms with Gasteiger partial charge in [-0.25, -0.2) is 0 Å². The zero-order chi connectivity index (χ0) is 28.3. The van der Waals surface area contributed by atoms with Gasteiger partial charge in [0.15, 0.2) is 0 Å². The van der Waals surface area contributed by atoms with Gasteiger partial charge >= 0.3 is 0 Å². The summed E-state index contributed by atoms with van der Waals surface area (Å²) < 4.78 is 0. The van der Waals surface area contributed by atoms with Crippen LogP contribution >= 0.6 is 0 Å². The second-order valence-corrected chi connectivity index (χ2v) is 10.4. The number of aliphatic hydroxyl groups is 4. The standard InChI is InChI=1S/C32H59NO5/c1-3-5-7-9-11-12-13-14-15-16-17-18-19-20-22-24-26-30(36)32(38)33-28(27-34)31(37)29(35)25-23-21-10-8-6-4-2/h8,10-12,14-15,28-31,34-37H,3-7,9,13,16-27H2,1-2H3,(H,33,38)/b10-8+,12-11-,15-14-. The first-order valence-corrected chi connectivity index (χ1v) is 15.4. The molecule has 6 nitrogen and oxygen atoms in total. The van der Waals surface area contributed by atoms with Crippen LogP contribution in [0.15, 0.2) is 36.5 Å². The summed E-state index contributed by atoms with van der Waals surface area (Å²) in [7, 11) is 0. The molecule has 0 aromatic heterocycles. The highest BCUT2D eigenvalue weighted by Crippen LogP contribution is 2.12. The van der Waals surface area contributed by atoms with Crippen LogP contribution in [0.25, 0.3) is 0 Å². The number of amides is 1. The van der Waals surface area contributed by atoms with Crippen molar-refractivity contribution in [2.24, 2.45) is 0 Å². The molecular formula is C32H59NO5. The average molecular weight is 538 g/mol. The molecular weight excluding hydrogens is 478 g/mol. The quantitative estimate of drug-likeness (QED) is 0.0659. The molecule has 0 spiro atoms. The molecule has 0 radical (unpaired) electrons. The summed E-state index contributed by atoms with van der Waals surface area (Å²) in [4.78, 5) is 12.3. The van der Waals surface area contributed by atoms with E-state index >= 15 is 0 Å². The van der Waals surface area contributed by atoms with Crippen molar-refractivity contribution in [3.05, 3.63) is 36.5 Å². The van der Waals surface area contributed by atoms with E-state index in [4.69, 9.17) is 0 Å². The first-order chi connectivity index (χ1) is 18.5. The molecule has 0 aliphatic heterocycles. The maximum atomic E-state index is 12.3. The maximum Gasteiger partial charge on any atom is 0.249 e. The molecule has 0 aliphatic carbocycles. The molecule has 1 amide bonds. The molecule has 222 valence electrons. The minimum atomic E-state index is -1.28. The number of aliphatic hydroxyl groups excluding tert-OH is 4. The van der Waals surface area contributed by atoms with Gasteiger partial charge in [-0.2, -0.15) is 0 Å². The third kappa shape index (κ3) is 21.5. The van der Waals surface area contributed by atoms with Crippen LogP contribution in [0.4, 0.5) is 0 Å². The van der Waals surface area contributed by atoms with Crippen LogP contribution in [-0.2, 0) is 4.79 Å². The fourth-order valence-corrected chi connectivity index (χ4v) is 4.26. The van der Waals surface area contributed by atoms with Crippen molar-refractivity contribution < 1.29 is 25.2 Å². The summed E-state index contributed by atoms with van der Waals surface area (Å²) in [5, 5.41) is 42.8. The minimum Gasteiger partial charge on any atom is -0.394 e. The van der Waals surface area contributed by atoms with Crippen LogP contribution in [0.1, 0.15) is 129 Å². The first-order valence-electron chi connectivity index (χ1n) is 15.4. The number of hydrogen-bond acceptors (Lipinski definition) is 5. The highest BCUT2D eigenvalue weighted by Gasteiger charge is 2.28. The molecule has 0 bridgehead atoms. The minimum absolute atomic E-state index is 0.349. The number of nitrogens with one attached hydrogen (secondary N) is 1. The number of unbranched alkanes of at least 4 members (excludes halogenated alkanes) is 11. The predicted molar refractivity (Wildman–Crippen MR) is 159 cm³/mol. The number of hydrogen-bond donors (Lipinski definition) is 5. The Kier molecular flexibility index (Phi) is 26.1. The lowest BCUT2D eigenvalue weighted by Crippen LogP contribution is -2.53. The number of carbonyl (C=O) groups is 1. The Morgan fingerprint density at radius 3 is 1.84 bits per heavy atom. The highest BCUT2D eigenvalue weighted by molar-refractivity contribution is 5.80. The van der Waals surface area contributed by atoms with Crippen LogP contribution in [-0.4, -0.2) is 57.3 Å². The van der Waals surface area contributed by atoms with Crippen LogP contribution < -0.4 is 5.32 Å². The smallest absolute Gasteiger partial charge is 0.249 e. The maximum absolute atomic E-state index is 12.3. The molecule has 0 saturated carbocycles. The zero-order valence-electron chi connectivity index (χ0n) is 24.4. The van der Waals surface area contributed by atoms with E-state index in [1.165, 1.54) is 38.5 Å². The van der Waals surface area contributed by atoms with Crippen LogP contribution in [0.2, 0.25) is 0 Å². The molecule has 0 rings (SSSR count). The van der Waals surface area contributed by atoms with E-state index in [2.05, 4.69) is 55.6 Å². The fraction of sp³-hybridized carbons (Fsp3) is 0.781. The lowest BCUT2D eigenvalue weighted by Gasteiger charge is -2.27. The highest BCUT2D eigenvalue weighted by atomic mass is 16.3. The Balaban J connectivity index is 3.89. The summed E-state index contributed by atoms with van der Waals surface area (Å²) in [5.74, 6) is -0.611. The molecule has 0 saturated heterocycles. The number of carbonyl (C=O) groups excluding carboxylic acids is 1. The van der Waals surface area contributed by atoms with Gasteiger partial charge in [-0.05, 0) is 64.2 Å². The Morgan fingerprint density at radius 2 is 1.21 bits per heavy atom. The third-order valence-corrected chi connectivity index (χ3v) is 6.80. The second kappa shape index (κ2) is 27.1. The molecule has 5 N–H and O–H groups in total. The van der Waals surface area contributed by atoms with Crippen LogP contribution in [0.3, 0.4) is 0 Å². The molecule has 0 fully saturated rings. The predicted octanol–water partition coefficient (Wildman–Crippen LogP) is 6.28. The average Bonchev–Trinajstić information content (AvgIpc) is 2.92. The van der Waals surface area contributed by atoms with E-state index in [0.717, 1.165) is 57.8 Å². The van der Waals surface area contributed by atoms with E-state index in [1.54, 1.807) is 0 Å². The van der Waals surface area contributed by atoms with Crippen molar-refractivity contribution in [2.45, 2.75) is 154 Å². The van der Waals surface area contributed by atoms with Gasteiger partial charge in [0.05, 0.1) is 18.8 Å². The Morgan fingerprint density at radius 1 is 0.658 bits per heavy atom. The van der Waals surface area contributed by atoms with Crippen molar-refractivity contribution in [1.82, 2.24) is 5.32 Å². The monoisotopic (exact) mass is 537 g/mol. The van der Waals surface area contributed by atoms with Gasteiger partial charge in [0.1, 0.15) is 12.2 Å². The Bertz CT molecular complexity index is 619. The molecule has 0 aromatic rings. The number of rotatable bonds is 26. The van der Waals surface area contributed by atoms with E-state index in [9.17, 15) is 25.2 Å². The topological polar surface area (TPSA) is 110 Å². The first kappa shape index (κ1) is 36.5. The van der Waals surface area contributed by atoms with Gasteiger partial charge in [-0.15, -0.1) is 0 Å². The lowest BCUT2D eigenvalue weighted by atomic mass is 10.00. The molecule has 4 atom stereocenters. The van der Waals surface area contributed by atoms with Gasteiger partial charge in [0, 0.05) is 0 Å². The largest absolute Gasteiger partial charge is 0.394 e. The summed E-state index contributed by atoms with van der Waals surface area (Å²) in [6, 6.07) is -1.00.